The molecule has 0 aliphatic rings. The summed E-state index contributed by atoms with van der Waals surface area (Å²) in [5.41, 5.74) is 12.1. The van der Waals surface area contributed by atoms with E-state index in [1.165, 1.54) is 11.1 Å². The fraction of sp³-hybridized carbons (Fsp3) is 0. The minimum atomic E-state index is 0.892. The van der Waals surface area contributed by atoms with Crippen LogP contribution in [0.1, 0.15) is 0 Å². The van der Waals surface area contributed by atoms with Crippen LogP contribution < -0.4 is 0 Å². The molecule has 0 N–H and O–H groups in total. The van der Waals surface area contributed by atoms with Crippen molar-refractivity contribution in [2.75, 3.05) is 0 Å². The maximum Gasteiger partial charge on any atom is 0.0972 e. The van der Waals surface area contributed by atoms with Crippen molar-refractivity contribution in [1.82, 2.24) is 15.0 Å². The van der Waals surface area contributed by atoms with E-state index in [9.17, 15) is 0 Å². The van der Waals surface area contributed by atoms with Crippen LogP contribution in [0.25, 0.3) is 88.7 Å². The third-order valence-corrected chi connectivity index (χ3v) is 9.04. The molecule has 6 aromatic carbocycles. The van der Waals surface area contributed by atoms with Gasteiger partial charge >= 0.3 is 0 Å². The molecule has 0 fully saturated rings. The summed E-state index contributed by atoms with van der Waals surface area (Å²) < 4.78 is 0. The monoisotopic (exact) mass is 611 g/mol. The molecule has 0 unspecified atom stereocenters. The highest BCUT2D eigenvalue weighted by molar-refractivity contribution is 6.08. The van der Waals surface area contributed by atoms with Gasteiger partial charge < -0.3 is 0 Å². The quantitative estimate of drug-likeness (QED) is 0.182. The smallest absolute Gasteiger partial charge is 0.0972 e. The van der Waals surface area contributed by atoms with Crippen LogP contribution in [-0.4, -0.2) is 15.0 Å². The Bertz CT molecular complexity index is 2600. The molecule has 3 heterocycles. The number of fused-ring (bicyclic) bond motifs is 4. The van der Waals surface area contributed by atoms with Crippen LogP contribution in [0, 0.1) is 0 Å². The van der Waals surface area contributed by atoms with Crippen LogP contribution in [0.4, 0.5) is 0 Å². The lowest BCUT2D eigenvalue weighted by Crippen LogP contribution is -1.95. The topological polar surface area (TPSA) is 38.7 Å². The number of rotatable bonds is 5. The Morgan fingerprint density at radius 2 is 0.833 bits per heavy atom. The molecule has 9 aromatic rings. The van der Waals surface area contributed by atoms with Crippen molar-refractivity contribution in [1.29, 1.82) is 0 Å². The van der Waals surface area contributed by atoms with E-state index in [2.05, 4.69) is 146 Å². The third kappa shape index (κ3) is 4.99. The standard InChI is InChI=1S/C45H29N3/c1-4-12-30(13-5-1)35-18-10-19-36(28-35)41-29-37-20-11-21-38(42(37)43(48-41)32-16-8-3-9-17-32)40-27-25-34-23-22-33-24-26-39(31-14-6-2-7-15-31)46-44(33)45(34)47-40/h1-29H. The van der Waals surface area contributed by atoms with E-state index in [4.69, 9.17) is 15.0 Å². The fourth-order valence-electron chi connectivity index (χ4n) is 6.65. The molecule has 3 heteroatoms. The minimum absolute atomic E-state index is 0.892. The predicted molar refractivity (Wildman–Crippen MR) is 200 cm³/mol. The first-order valence-corrected chi connectivity index (χ1v) is 16.2. The number of benzene rings is 6. The molecule has 0 saturated heterocycles. The van der Waals surface area contributed by atoms with Crippen molar-refractivity contribution in [2.24, 2.45) is 0 Å². The van der Waals surface area contributed by atoms with Crippen molar-refractivity contribution in [3.63, 3.8) is 0 Å². The van der Waals surface area contributed by atoms with Gasteiger partial charge in [-0.25, -0.2) is 15.0 Å². The summed E-state index contributed by atoms with van der Waals surface area (Å²) in [4.78, 5) is 15.8. The van der Waals surface area contributed by atoms with Gasteiger partial charge in [-0.05, 0) is 40.8 Å². The summed E-state index contributed by atoms with van der Waals surface area (Å²) in [5.74, 6) is 0. The average molecular weight is 612 g/mol. The number of pyridine rings is 3. The summed E-state index contributed by atoms with van der Waals surface area (Å²) in [6.45, 7) is 0. The Morgan fingerprint density at radius 1 is 0.292 bits per heavy atom. The van der Waals surface area contributed by atoms with E-state index in [0.29, 0.717) is 0 Å². The first-order valence-electron chi connectivity index (χ1n) is 16.2. The zero-order valence-electron chi connectivity index (χ0n) is 26.1. The largest absolute Gasteiger partial charge is 0.247 e. The molecule has 0 bridgehead atoms. The van der Waals surface area contributed by atoms with E-state index in [1.807, 2.05) is 30.3 Å². The Hall–Kier alpha value is -6.45. The van der Waals surface area contributed by atoms with E-state index >= 15 is 0 Å². The molecule has 0 radical (unpaired) electrons. The lowest BCUT2D eigenvalue weighted by atomic mass is 9.94. The maximum absolute atomic E-state index is 5.38. The molecule has 48 heavy (non-hydrogen) atoms. The molecule has 3 nitrogen and oxygen atoms in total. The lowest BCUT2D eigenvalue weighted by molar-refractivity contribution is 1.34. The molecular weight excluding hydrogens is 583 g/mol. The maximum atomic E-state index is 5.38. The van der Waals surface area contributed by atoms with Gasteiger partial charge in [0.05, 0.1) is 33.8 Å². The Balaban J connectivity index is 1.25. The molecule has 0 aliphatic heterocycles. The number of hydrogen-bond donors (Lipinski definition) is 0. The molecule has 0 saturated carbocycles. The molecule has 0 aliphatic carbocycles. The Morgan fingerprint density at radius 3 is 1.54 bits per heavy atom. The molecule has 0 spiro atoms. The molecule has 224 valence electrons. The van der Waals surface area contributed by atoms with E-state index in [1.54, 1.807) is 0 Å². The van der Waals surface area contributed by atoms with Crippen LogP contribution in [0.15, 0.2) is 176 Å². The number of aromatic nitrogens is 3. The highest BCUT2D eigenvalue weighted by Crippen LogP contribution is 2.39. The van der Waals surface area contributed by atoms with E-state index < -0.39 is 0 Å². The summed E-state index contributed by atoms with van der Waals surface area (Å²) in [7, 11) is 0. The lowest BCUT2D eigenvalue weighted by Gasteiger charge is -2.15. The number of nitrogens with zero attached hydrogens (tertiary/aromatic N) is 3. The second-order valence-electron chi connectivity index (χ2n) is 12.0. The van der Waals surface area contributed by atoms with Crippen molar-refractivity contribution in [3.05, 3.63) is 176 Å². The van der Waals surface area contributed by atoms with Crippen molar-refractivity contribution < 1.29 is 0 Å². The molecule has 0 atom stereocenters. The molecule has 0 amide bonds. The van der Waals surface area contributed by atoms with Gasteiger partial charge in [0.15, 0.2) is 0 Å². The van der Waals surface area contributed by atoms with E-state index in [0.717, 1.165) is 77.6 Å². The molecule has 9 rings (SSSR count). The van der Waals surface area contributed by atoms with Gasteiger partial charge in [0, 0.05) is 38.4 Å². The van der Waals surface area contributed by atoms with Gasteiger partial charge in [0.1, 0.15) is 0 Å². The summed E-state index contributed by atoms with van der Waals surface area (Å²) in [5, 5.41) is 4.33. The van der Waals surface area contributed by atoms with Gasteiger partial charge in [-0.2, -0.15) is 0 Å². The predicted octanol–water partition coefficient (Wildman–Crippen LogP) is 11.7. The van der Waals surface area contributed by atoms with Gasteiger partial charge in [-0.1, -0.05) is 152 Å². The van der Waals surface area contributed by atoms with Gasteiger partial charge in [-0.3, -0.25) is 0 Å². The minimum Gasteiger partial charge on any atom is -0.247 e. The van der Waals surface area contributed by atoms with Gasteiger partial charge in [-0.15, -0.1) is 0 Å². The van der Waals surface area contributed by atoms with Crippen molar-refractivity contribution >= 4 is 32.6 Å². The van der Waals surface area contributed by atoms with E-state index in [-0.39, 0.29) is 0 Å². The fourth-order valence-corrected chi connectivity index (χ4v) is 6.65. The second-order valence-corrected chi connectivity index (χ2v) is 12.0. The average Bonchev–Trinajstić information content (AvgIpc) is 3.18. The van der Waals surface area contributed by atoms with Crippen molar-refractivity contribution in [2.45, 2.75) is 0 Å². The molecule has 3 aromatic heterocycles. The highest BCUT2D eigenvalue weighted by atomic mass is 14.8. The zero-order valence-corrected chi connectivity index (χ0v) is 26.1. The van der Waals surface area contributed by atoms with Crippen molar-refractivity contribution in [3.8, 4) is 56.2 Å². The highest BCUT2D eigenvalue weighted by Gasteiger charge is 2.17. The van der Waals surface area contributed by atoms with Crippen LogP contribution in [0.3, 0.4) is 0 Å². The zero-order chi connectivity index (χ0) is 31.9. The molecular formula is C45H29N3. The van der Waals surface area contributed by atoms with Gasteiger partial charge in [0.2, 0.25) is 0 Å². The first-order chi connectivity index (χ1) is 23.8. The Labute approximate surface area is 278 Å². The van der Waals surface area contributed by atoms with Crippen LogP contribution in [0.2, 0.25) is 0 Å². The second kappa shape index (κ2) is 11.7. The first kappa shape index (κ1) is 27.8. The third-order valence-electron chi connectivity index (χ3n) is 9.04. The van der Waals surface area contributed by atoms with Gasteiger partial charge in [0.25, 0.3) is 0 Å². The number of hydrogen-bond acceptors (Lipinski definition) is 3. The summed E-state index contributed by atoms with van der Waals surface area (Å²) in [6.07, 6.45) is 0. The van der Waals surface area contributed by atoms with Crippen LogP contribution in [-0.2, 0) is 0 Å². The van der Waals surface area contributed by atoms with Crippen LogP contribution in [0.5, 0.6) is 0 Å². The Kier molecular flexibility index (Phi) is 6.80. The SMILES string of the molecule is c1ccc(-c2cccc(-c3cc4cccc(-c5ccc6ccc7ccc(-c8ccccc8)nc7c6n5)c4c(-c4ccccc4)n3)c2)cc1. The summed E-state index contributed by atoms with van der Waals surface area (Å²) >= 11 is 0. The summed E-state index contributed by atoms with van der Waals surface area (Å²) in [6, 6.07) is 61.4. The normalized spacial score (nSPS) is 11.3. The van der Waals surface area contributed by atoms with Crippen LogP contribution >= 0.6 is 0 Å².